The van der Waals surface area contributed by atoms with Crippen molar-refractivity contribution in [3.63, 3.8) is 0 Å². The Morgan fingerprint density at radius 3 is 2.70 bits per heavy atom. The van der Waals surface area contributed by atoms with Crippen molar-refractivity contribution in [2.24, 2.45) is 0 Å². The van der Waals surface area contributed by atoms with Gasteiger partial charge in [-0.3, -0.25) is 10.1 Å². The molecule has 0 aliphatic rings. The van der Waals surface area contributed by atoms with Gasteiger partial charge < -0.3 is 5.21 Å². The molecule has 0 aromatic rings. The molecule has 0 atom stereocenters. The first-order valence-corrected chi connectivity index (χ1v) is 3.98. The van der Waals surface area contributed by atoms with E-state index < -0.39 is 0 Å². The van der Waals surface area contributed by atoms with Crippen LogP contribution in [0.2, 0.25) is 0 Å². The largest absolute Gasteiger partial charge is 0.762 e. The Hall–Kier alpha value is 0.170. The monoisotopic (exact) mass is 166 g/mol. The van der Waals surface area contributed by atoms with Gasteiger partial charge in [-0.1, -0.05) is 31.4 Å². The smallest absolute Gasteiger partial charge is 0.141 e. The molecular weight excluding hydrogens is 154 g/mol. The summed E-state index contributed by atoms with van der Waals surface area (Å²) in [5, 5.41) is 11.1. The van der Waals surface area contributed by atoms with E-state index in [1.807, 2.05) is 0 Å². The lowest BCUT2D eigenvalue weighted by Gasteiger charge is -2.25. The van der Waals surface area contributed by atoms with Gasteiger partial charge in [0.1, 0.15) is 6.07 Å². The summed E-state index contributed by atoms with van der Waals surface area (Å²) in [6.07, 6.45) is 3.04. The summed E-state index contributed by atoms with van der Waals surface area (Å²) in [5.74, 6) is 0. The first kappa shape index (κ1) is 10.2. The molecule has 4 heteroatoms. The fraction of sp³-hybridized carbons (Fsp3) is 1.00. The minimum atomic E-state index is -0.0599. The van der Waals surface area contributed by atoms with Gasteiger partial charge in [0, 0.05) is 6.54 Å². The van der Waals surface area contributed by atoms with Crippen molar-refractivity contribution in [3.05, 3.63) is 5.21 Å². The van der Waals surface area contributed by atoms with Crippen molar-refractivity contribution in [2.45, 2.75) is 26.2 Å². The summed E-state index contributed by atoms with van der Waals surface area (Å²) >= 11 is 5.15. The third-order valence-corrected chi connectivity index (χ3v) is 1.23. The predicted molar refractivity (Wildman–Crippen MR) is 41.4 cm³/mol. The van der Waals surface area contributed by atoms with Crippen molar-refractivity contribution in [3.8, 4) is 0 Å². The Balaban J connectivity index is 2.97. The first-order chi connectivity index (χ1) is 4.81. The van der Waals surface area contributed by atoms with Crippen LogP contribution in [-0.2, 0) is 4.84 Å². The third kappa shape index (κ3) is 6.29. The van der Waals surface area contributed by atoms with E-state index in [1.165, 1.54) is 0 Å². The second-order valence-electron chi connectivity index (χ2n) is 2.00. The van der Waals surface area contributed by atoms with E-state index in [9.17, 15) is 5.21 Å². The zero-order chi connectivity index (χ0) is 7.82. The molecule has 3 nitrogen and oxygen atoms in total. The summed E-state index contributed by atoms with van der Waals surface area (Å²) in [5.41, 5.74) is 0. The second-order valence-corrected chi connectivity index (χ2v) is 2.22. The average molecular weight is 167 g/mol. The maximum absolute atomic E-state index is 10.5. The van der Waals surface area contributed by atoms with Crippen LogP contribution >= 0.6 is 11.6 Å². The number of halogens is 1. The Bertz CT molecular complexity index is 72.8. The lowest BCUT2D eigenvalue weighted by Crippen LogP contribution is -2.17. The summed E-state index contributed by atoms with van der Waals surface area (Å²) in [4.78, 5) is 4.43. The van der Waals surface area contributed by atoms with Crippen LogP contribution in [0.1, 0.15) is 26.2 Å². The van der Waals surface area contributed by atoms with Crippen LogP contribution in [0, 0.1) is 5.21 Å². The van der Waals surface area contributed by atoms with E-state index >= 15 is 0 Å². The fourth-order valence-electron chi connectivity index (χ4n) is 0.610. The summed E-state index contributed by atoms with van der Waals surface area (Å²) < 4.78 is 0. The molecule has 0 bridgehead atoms. The van der Waals surface area contributed by atoms with Gasteiger partial charge in [-0.05, 0) is 6.42 Å². The first-order valence-electron chi connectivity index (χ1n) is 3.44. The van der Waals surface area contributed by atoms with Gasteiger partial charge >= 0.3 is 0 Å². The van der Waals surface area contributed by atoms with Crippen molar-refractivity contribution in [1.29, 1.82) is 0 Å². The van der Waals surface area contributed by atoms with Crippen molar-refractivity contribution < 1.29 is 4.84 Å². The molecule has 10 heavy (non-hydrogen) atoms. The molecule has 62 valence electrons. The van der Waals surface area contributed by atoms with E-state index in [1.54, 1.807) is 0 Å². The van der Waals surface area contributed by atoms with E-state index in [0.717, 1.165) is 19.3 Å². The Morgan fingerprint density at radius 2 is 2.20 bits per heavy atom. The molecule has 0 radical (unpaired) electrons. The molecule has 0 heterocycles. The number of rotatable bonds is 6. The van der Waals surface area contributed by atoms with Crippen LogP contribution in [-0.4, -0.2) is 17.8 Å². The average Bonchev–Trinajstić information content (AvgIpc) is 1.89. The molecule has 0 saturated heterocycles. The normalized spacial score (nSPS) is 10.8. The van der Waals surface area contributed by atoms with E-state index in [2.05, 4.69) is 11.8 Å². The Labute approximate surface area is 66.4 Å². The minimum absolute atomic E-state index is 0.0599. The van der Waals surface area contributed by atoms with Crippen molar-refractivity contribution >= 4 is 11.6 Å². The SMILES string of the molecule is CCCCCN([O-])OCCl. The van der Waals surface area contributed by atoms with Crippen LogP contribution < -0.4 is 0 Å². The van der Waals surface area contributed by atoms with Gasteiger partial charge in [0.05, 0.1) is 0 Å². The van der Waals surface area contributed by atoms with Crippen molar-refractivity contribution in [1.82, 2.24) is 5.23 Å². The molecule has 0 amide bonds. The molecule has 0 N–H and O–H groups in total. The van der Waals surface area contributed by atoms with E-state index in [-0.39, 0.29) is 6.07 Å². The summed E-state index contributed by atoms with van der Waals surface area (Å²) in [6.45, 7) is 2.50. The molecule has 0 aromatic heterocycles. The zero-order valence-electron chi connectivity index (χ0n) is 6.18. The number of unbranched alkanes of at least 4 members (excludes halogenated alkanes) is 2. The number of hydroxylamine groups is 2. The maximum Gasteiger partial charge on any atom is 0.141 e. The Morgan fingerprint density at radius 1 is 1.50 bits per heavy atom. The molecule has 0 spiro atoms. The van der Waals surface area contributed by atoms with Crippen LogP contribution in [0.3, 0.4) is 0 Å². The lowest BCUT2D eigenvalue weighted by molar-refractivity contribution is -0.0990. The number of hydrogen-bond donors (Lipinski definition) is 0. The highest BCUT2D eigenvalue weighted by Crippen LogP contribution is 1.97. The highest BCUT2D eigenvalue weighted by atomic mass is 35.5. The standard InChI is InChI=1S/C6H13ClNO2/c1-2-3-4-5-8(9)10-6-7/h2-6H2,1H3/q-1. The van der Waals surface area contributed by atoms with Crippen LogP contribution in [0.5, 0.6) is 0 Å². The van der Waals surface area contributed by atoms with Gasteiger partial charge in [-0.2, -0.15) is 0 Å². The quantitative estimate of drug-likeness (QED) is 0.345. The molecular formula is C6H13ClNO2-. The predicted octanol–water partition coefficient (Wildman–Crippen LogP) is 2.10. The van der Waals surface area contributed by atoms with Crippen LogP contribution in [0.15, 0.2) is 0 Å². The molecule has 0 aromatic carbocycles. The summed E-state index contributed by atoms with van der Waals surface area (Å²) in [7, 11) is 0. The topological polar surface area (TPSA) is 35.5 Å². The zero-order valence-corrected chi connectivity index (χ0v) is 6.93. The van der Waals surface area contributed by atoms with Crippen molar-refractivity contribution in [2.75, 3.05) is 12.6 Å². The number of alkyl halides is 1. The minimum Gasteiger partial charge on any atom is -0.762 e. The second kappa shape index (κ2) is 7.28. The third-order valence-electron chi connectivity index (χ3n) is 1.14. The highest BCUT2D eigenvalue weighted by Gasteiger charge is 1.89. The van der Waals surface area contributed by atoms with Gasteiger partial charge in [0.25, 0.3) is 0 Å². The van der Waals surface area contributed by atoms with Crippen LogP contribution in [0.4, 0.5) is 0 Å². The molecule has 0 unspecified atom stereocenters. The summed E-state index contributed by atoms with van der Waals surface area (Å²) in [6, 6.07) is -0.0599. The van der Waals surface area contributed by atoms with Gasteiger partial charge in [0.15, 0.2) is 0 Å². The van der Waals surface area contributed by atoms with Gasteiger partial charge in [-0.25, -0.2) is 0 Å². The maximum atomic E-state index is 10.5. The number of hydrogen-bond acceptors (Lipinski definition) is 3. The van der Waals surface area contributed by atoms with E-state index in [0.29, 0.717) is 11.8 Å². The molecule has 0 rings (SSSR count). The van der Waals surface area contributed by atoms with E-state index in [4.69, 9.17) is 11.6 Å². The van der Waals surface area contributed by atoms with Crippen LogP contribution in [0.25, 0.3) is 0 Å². The van der Waals surface area contributed by atoms with Gasteiger partial charge in [-0.15, -0.1) is 0 Å². The van der Waals surface area contributed by atoms with Gasteiger partial charge in [0.2, 0.25) is 0 Å². The fourth-order valence-corrected chi connectivity index (χ4v) is 0.719. The molecule has 0 aliphatic heterocycles. The number of nitrogens with zero attached hydrogens (tertiary/aromatic N) is 1. The lowest BCUT2D eigenvalue weighted by atomic mass is 10.2. The highest BCUT2D eigenvalue weighted by molar-refractivity contribution is 6.17. The molecule has 0 saturated carbocycles. The Kier molecular flexibility index (Phi) is 7.40. The molecule has 0 fully saturated rings. The molecule has 0 aliphatic carbocycles.